The van der Waals surface area contributed by atoms with Crippen molar-refractivity contribution >= 4 is 0 Å². The van der Waals surface area contributed by atoms with E-state index in [0.29, 0.717) is 12.0 Å². The van der Waals surface area contributed by atoms with Crippen molar-refractivity contribution in [2.75, 3.05) is 0 Å². The molecule has 2 saturated carbocycles. The van der Waals surface area contributed by atoms with Crippen LogP contribution in [-0.2, 0) is 6.42 Å². The molecule has 1 aromatic heterocycles. The molecule has 0 bridgehead atoms. The minimum Gasteiger partial charge on any atom is -0.393 e. The van der Waals surface area contributed by atoms with Gasteiger partial charge in [-0.25, -0.2) is 0 Å². The van der Waals surface area contributed by atoms with Gasteiger partial charge in [0.1, 0.15) is 0 Å². The standard InChI is InChI=1S/C15H24N2O/c18-15-8-4-1-5-12(15)11-13-9-10-17(16-13)14-6-2-3-7-14/h9-10,12,14-15,18H,1-8,11H2. The van der Waals surface area contributed by atoms with Gasteiger partial charge in [-0.2, -0.15) is 5.10 Å². The van der Waals surface area contributed by atoms with E-state index in [1.807, 2.05) is 0 Å². The second kappa shape index (κ2) is 5.43. The van der Waals surface area contributed by atoms with E-state index in [2.05, 4.69) is 16.9 Å². The number of hydrogen-bond acceptors (Lipinski definition) is 2. The predicted molar refractivity (Wildman–Crippen MR) is 71.4 cm³/mol. The highest BCUT2D eigenvalue weighted by Crippen LogP contribution is 2.30. The molecule has 2 aliphatic carbocycles. The van der Waals surface area contributed by atoms with E-state index in [9.17, 15) is 5.11 Å². The highest BCUT2D eigenvalue weighted by Gasteiger charge is 2.24. The van der Waals surface area contributed by atoms with E-state index in [1.165, 1.54) is 44.2 Å². The monoisotopic (exact) mass is 248 g/mol. The lowest BCUT2D eigenvalue weighted by molar-refractivity contribution is 0.0694. The molecule has 0 saturated heterocycles. The Kier molecular flexibility index (Phi) is 3.69. The number of aliphatic hydroxyl groups excluding tert-OH is 1. The van der Waals surface area contributed by atoms with E-state index in [1.54, 1.807) is 0 Å². The van der Waals surface area contributed by atoms with Gasteiger partial charge in [-0.3, -0.25) is 4.68 Å². The number of aromatic nitrogens is 2. The maximum atomic E-state index is 10.0. The summed E-state index contributed by atoms with van der Waals surface area (Å²) < 4.78 is 2.16. The molecule has 18 heavy (non-hydrogen) atoms. The van der Waals surface area contributed by atoms with Crippen LogP contribution in [0.4, 0.5) is 0 Å². The minimum absolute atomic E-state index is 0.101. The van der Waals surface area contributed by atoms with Crippen LogP contribution in [0, 0.1) is 5.92 Å². The van der Waals surface area contributed by atoms with Crippen LogP contribution in [0.25, 0.3) is 0 Å². The summed E-state index contributed by atoms with van der Waals surface area (Å²) in [5.41, 5.74) is 1.17. The lowest BCUT2D eigenvalue weighted by Gasteiger charge is -2.26. The Hall–Kier alpha value is -0.830. The van der Waals surface area contributed by atoms with Crippen LogP contribution in [-0.4, -0.2) is 21.0 Å². The zero-order chi connectivity index (χ0) is 12.4. The molecule has 3 rings (SSSR count). The highest BCUT2D eigenvalue weighted by atomic mass is 16.3. The summed E-state index contributed by atoms with van der Waals surface area (Å²) >= 11 is 0. The SMILES string of the molecule is OC1CCCCC1Cc1ccn(C2CCCC2)n1. The normalized spacial score (nSPS) is 29.8. The maximum absolute atomic E-state index is 10.0. The molecule has 3 heteroatoms. The molecule has 2 aliphatic rings. The van der Waals surface area contributed by atoms with Gasteiger partial charge < -0.3 is 5.11 Å². The molecule has 1 N–H and O–H groups in total. The zero-order valence-corrected chi connectivity index (χ0v) is 11.1. The van der Waals surface area contributed by atoms with E-state index >= 15 is 0 Å². The van der Waals surface area contributed by atoms with Crippen molar-refractivity contribution in [3.63, 3.8) is 0 Å². The Morgan fingerprint density at radius 2 is 1.83 bits per heavy atom. The molecule has 0 amide bonds. The third kappa shape index (κ3) is 2.61. The van der Waals surface area contributed by atoms with E-state index in [-0.39, 0.29) is 6.10 Å². The van der Waals surface area contributed by atoms with Crippen LogP contribution in [0.3, 0.4) is 0 Å². The summed E-state index contributed by atoms with van der Waals surface area (Å²) in [6, 6.07) is 2.79. The predicted octanol–water partition coefficient (Wildman–Crippen LogP) is 3.09. The fourth-order valence-electron chi connectivity index (χ4n) is 3.55. The maximum Gasteiger partial charge on any atom is 0.0628 e. The number of aliphatic hydroxyl groups is 1. The number of hydrogen-bond donors (Lipinski definition) is 1. The first-order valence-electron chi connectivity index (χ1n) is 7.55. The first-order valence-corrected chi connectivity index (χ1v) is 7.55. The molecular weight excluding hydrogens is 224 g/mol. The second-order valence-corrected chi connectivity index (χ2v) is 6.04. The molecule has 2 atom stereocenters. The third-order valence-corrected chi connectivity index (χ3v) is 4.70. The Balaban J connectivity index is 1.62. The average molecular weight is 248 g/mol. The topological polar surface area (TPSA) is 38.0 Å². The summed E-state index contributed by atoms with van der Waals surface area (Å²) in [5, 5.41) is 14.7. The zero-order valence-electron chi connectivity index (χ0n) is 11.1. The Bertz CT molecular complexity index is 382. The van der Waals surface area contributed by atoms with Crippen molar-refractivity contribution in [1.29, 1.82) is 0 Å². The highest BCUT2D eigenvalue weighted by molar-refractivity contribution is 5.02. The van der Waals surface area contributed by atoms with Crippen molar-refractivity contribution in [2.45, 2.75) is 69.9 Å². The lowest BCUT2D eigenvalue weighted by atomic mass is 9.84. The van der Waals surface area contributed by atoms with Gasteiger partial charge >= 0.3 is 0 Å². The largest absolute Gasteiger partial charge is 0.393 e. The summed E-state index contributed by atoms with van der Waals surface area (Å²) in [5.74, 6) is 0.436. The van der Waals surface area contributed by atoms with Crippen LogP contribution in [0.2, 0.25) is 0 Å². The molecule has 0 aromatic carbocycles. The smallest absolute Gasteiger partial charge is 0.0628 e. The van der Waals surface area contributed by atoms with Crippen LogP contribution in [0.5, 0.6) is 0 Å². The fraction of sp³-hybridized carbons (Fsp3) is 0.800. The molecule has 0 spiro atoms. The second-order valence-electron chi connectivity index (χ2n) is 6.04. The molecule has 2 fully saturated rings. The van der Waals surface area contributed by atoms with Crippen molar-refractivity contribution in [3.8, 4) is 0 Å². The van der Waals surface area contributed by atoms with Crippen LogP contribution < -0.4 is 0 Å². The lowest BCUT2D eigenvalue weighted by Crippen LogP contribution is -2.26. The molecule has 0 aliphatic heterocycles. The quantitative estimate of drug-likeness (QED) is 0.892. The summed E-state index contributed by atoms with van der Waals surface area (Å²) in [6.07, 6.45) is 12.9. The van der Waals surface area contributed by atoms with Crippen molar-refractivity contribution in [2.24, 2.45) is 5.92 Å². The Morgan fingerprint density at radius 1 is 1.11 bits per heavy atom. The molecule has 2 unspecified atom stereocenters. The average Bonchev–Trinajstić information content (AvgIpc) is 3.02. The number of rotatable bonds is 3. The first-order chi connectivity index (χ1) is 8.83. The molecule has 1 aromatic rings. The first kappa shape index (κ1) is 12.2. The third-order valence-electron chi connectivity index (χ3n) is 4.70. The van der Waals surface area contributed by atoms with Crippen molar-refractivity contribution < 1.29 is 5.11 Å². The van der Waals surface area contributed by atoms with Gasteiger partial charge in [-0.05, 0) is 44.1 Å². The van der Waals surface area contributed by atoms with Gasteiger partial charge in [0, 0.05) is 6.20 Å². The van der Waals surface area contributed by atoms with Gasteiger partial charge in [-0.1, -0.05) is 25.7 Å². The fourth-order valence-corrected chi connectivity index (χ4v) is 3.55. The number of nitrogens with zero attached hydrogens (tertiary/aromatic N) is 2. The molecule has 3 nitrogen and oxygen atoms in total. The van der Waals surface area contributed by atoms with Gasteiger partial charge in [0.2, 0.25) is 0 Å². The molecule has 1 heterocycles. The van der Waals surface area contributed by atoms with Gasteiger partial charge in [0.15, 0.2) is 0 Å². The Morgan fingerprint density at radius 3 is 2.61 bits per heavy atom. The van der Waals surface area contributed by atoms with Gasteiger partial charge in [0.05, 0.1) is 17.8 Å². The molecular formula is C15H24N2O. The van der Waals surface area contributed by atoms with Crippen LogP contribution in [0.15, 0.2) is 12.3 Å². The van der Waals surface area contributed by atoms with Crippen LogP contribution in [0.1, 0.15) is 63.1 Å². The minimum atomic E-state index is -0.101. The molecule has 0 radical (unpaired) electrons. The van der Waals surface area contributed by atoms with Crippen molar-refractivity contribution in [1.82, 2.24) is 9.78 Å². The van der Waals surface area contributed by atoms with E-state index in [4.69, 9.17) is 5.10 Å². The summed E-state index contributed by atoms with van der Waals surface area (Å²) in [7, 11) is 0. The Labute approximate surface area is 109 Å². The van der Waals surface area contributed by atoms with E-state index in [0.717, 1.165) is 19.3 Å². The van der Waals surface area contributed by atoms with Gasteiger partial charge in [0.25, 0.3) is 0 Å². The molecule has 100 valence electrons. The summed E-state index contributed by atoms with van der Waals surface area (Å²) in [4.78, 5) is 0. The van der Waals surface area contributed by atoms with Crippen LogP contribution >= 0.6 is 0 Å². The van der Waals surface area contributed by atoms with Gasteiger partial charge in [-0.15, -0.1) is 0 Å². The summed E-state index contributed by atoms with van der Waals surface area (Å²) in [6.45, 7) is 0. The van der Waals surface area contributed by atoms with Crippen molar-refractivity contribution in [3.05, 3.63) is 18.0 Å². The van der Waals surface area contributed by atoms with E-state index < -0.39 is 0 Å².